The summed E-state index contributed by atoms with van der Waals surface area (Å²) in [6.07, 6.45) is 9.08. The average molecular weight is 389 g/mol. The normalized spacial score (nSPS) is 25.1. The molecule has 0 radical (unpaired) electrons. The fourth-order valence-corrected chi connectivity index (χ4v) is 4.72. The molecular formula is C22H23N5O2. The molecule has 6 rings (SSSR count). The predicted octanol–water partition coefficient (Wildman–Crippen LogP) is 2.96. The molecule has 3 atom stereocenters. The van der Waals surface area contributed by atoms with Gasteiger partial charge in [0.05, 0.1) is 37.1 Å². The van der Waals surface area contributed by atoms with Crippen LogP contribution in [-0.2, 0) is 11.2 Å². The van der Waals surface area contributed by atoms with E-state index in [0.29, 0.717) is 29.7 Å². The van der Waals surface area contributed by atoms with E-state index in [9.17, 15) is 0 Å². The fraction of sp³-hybridized carbons (Fsp3) is 0.409. The Morgan fingerprint density at radius 2 is 2.10 bits per heavy atom. The minimum Gasteiger partial charge on any atom is -0.480 e. The van der Waals surface area contributed by atoms with Gasteiger partial charge in [-0.3, -0.25) is 0 Å². The molecular weight excluding hydrogens is 366 g/mol. The second-order valence-corrected chi connectivity index (χ2v) is 8.04. The van der Waals surface area contributed by atoms with E-state index in [1.807, 2.05) is 23.0 Å². The third-order valence-corrected chi connectivity index (χ3v) is 6.34. The summed E-state index contributed by atoms with van der Waals surface area (Å²) in [5.74, 6) is 2.51. The van der Waals surface area contributed by atoms with E-state index in [1.165, 1.54) is 0 Å². The molecule has 1 N–H and O–H groups in total. The van der Waals surface area contributed by atoms with Crippen molar-refractivity contribution in [2.75, 3.05) is 25.6 Å². The lowest BCUT2D eigenvalue weighted by molar-refractivity contribution is 0.162. The SMILES string of the molecule is COc1nc(NC2[C@H]3COC[C@@H]23)nc2c1C(c1ccn3nccc3c1)=CCCC2. The molecule has 148 valence electrons. The van der Waals surface area contributed by atoms with Gasteiger partial charge in [0, 0.05) is 30.3 Å². The van der Waals surface area contributed by atoms with Crippen LogP contribution in [0.25, 0.3) is 11.1 Å². The summed E-state index contributed by atoms with van der Waals surface area (Å²) in [6, 6.07) is 6.69. The lowest BCUT2D eigenvalue weighted by Gasteiger charge is -2.17. The Hall–Kier alpha value is -2.93. The predicted molar refractivity (Wildman–Crippen MR) is 109 cm³/mol. The number of allylic oxidation sites excluding steroid dienone is 1. The highest BCUT2D eigenvalue weighted by Crippen LogP contribution is 2.46. The molecule has 0 spiro atoms. The maximum Gasteiger partial charge on any atom is 0.226 e. The number of anilines is 1. The van der Waals surface area contributed by atoms with E-state index in [0.717, 1.165) is 60.4 Å². The van der Waals surface area contributed by atoms with Crippen LogP contribution in [0.3, 0.4) is 0 Å². The third-order valence-electron chi connectivity index (χ3n) is 6.34. The quantitative estimate of drug-likeness (QED) is 0.740. The van der Waals surface area contributed by atoms with Crippen LogP contribution in [0.1, 0.15) is 29.7 Å². The number of nitrogens with zero attached hydrogens (tertiary/aromatic N) is 4. The molecule has 2 aliphatic carbocycles. The van der Waals surface area contributed by atoms with Crippen LogP contribution < -0.4 is 10.1 Å². The van der Waals surface area contributed by atoms with Crippen molar-refractivity contribution in [3.05, 3.63) is 53.5 Å². The van der Waals surface area contributed by atoms with Crippen LogP contribution in [0, 0.1) is 11.8 Å². The Morgan fingerprint density at radius 3 is 2.97 bits per heavy atom. The Morgan fingerprint density at radius 1 is 1.21 bits per heavy atom. The largest absolute Gasteiger partial charge is 0.480 e. The number of methoxy groups -OCH3 is 1. The van der Waals surface area contributed by atoms with Crippen molar-refractivity contribution in [2.24, 2.45) is 11.8 Å². The molecule has 3 aromatic rings. The summed E-state index contributed by atoms with van der Waals surface area (Å²) in [5.41, 5.74) is 5.41. The van der Waals surface area contributed by atoms with Gasteiger partial charge in [0.15, 0.2) is 0 Å². The van der Waals surface area contributed by atoms with Crippen molar-refractivity contribution >= 4 is 17.0 Å². The fourth-order valence-electron chi connectivity index (χ4n) is 4.72. The van der Waals surface area contributed by atoms with Crippen molar-refractivity contribution in [2.45, 2.75) is 25.3 Å². The lowest BCUT2D eigenvalue weighted by atomic mass is 9.97. The first-order chi connectivity index (χ1) is 14.3. The zero-order chi connectivity index (χ0) is 19.4. The standard InChI is InChI=1S/C22H23N5O2/c1-28-21-19-15(13-7-9-27-14(10-13)6-8-23-27)4-2-3-5-18(19)24-22(26-21)25-20-16-11-29-12-17(16)20/h4,6-10,16-17,20H,2-3,5,11-12H2,1H3,(H,24,25,26)/t16-,17+,20?. The highest BCUT2D eigenvalue weighted by atomic mass is 16.5. The van der Waals surface area contributed by atoms with E-state index in [-0.39, 0.29) is 0 Å². The number of pyridine rings is 1. The van der Waals surface area contributed by atoms with Gasteiger partial charge in [-0.25, -0.2) is 9.50 Å². The van der Waals surface area contributed by atoms with Gasteiger partial charge in [0.25, 0.3) is 0 Å². The van der Waals surface area contributed by atoms with Crippen molar-refractivity contribution in [3.63, 3.8) is 0 Å². The molecule has 1 saturated heterocycles. The van der Waals surface area contributed by atoms with E-state index < -0.39 is 0 Å². The first-order valence-corrected chi connectivity index (χ1v) is 10.3. The van der Waals surface area contributed by atoms with E-state index in [2.05, 4.69) is 28.6 Å². The van der Waals surface area contributed by atoms with Gasteiger partial charge in [-0.2, -0.15) is 10.1 Å². The van der Waals surface area contributed by atoms with Crippen molar-refractivity contribution in [1.29, 1.82) is 0 Å². The number of hydrogen-bond acceptors (Lipinski definition) is 6. The Bertz CT molecular complexity index is 1110. The topological polar surface area (TPSA) is 73.6 Å². The van der Waals surface area contributed by atoms with Crippen LogP contribution in [-0.4, -0.2) is 45.9 Å². The summed E-state index contributed by atoms with van der Waals surface area (Å²) >= 11 is 0. The smallest absolute Gasteiger partial charge is 0.226 e. The molecule has 0 aromatic carbocycles. The minimum atomic E-state index is 0.427. The molecule has 0 amide bonds. The molecule has 3 aromatic heterocycles. The van der Waals surface area contributed by atoms with Crippen molar-refractivity contribution in [1.82, 2.24) is 19.6 Å². The number of nitrogens with one attached hydrogen (secondary N) is 1. The van der Waals surface area contributed by atoms with Crippen molar-refractivity contribution < 1.29 is 9.47 Å². The molecule has 1 unspecified atom stereocenters. The number of rotatable bonds is 4. The number of ether oxygens (including phenoxy) is 2. The maximum absolute atomic E-state index is 5.75. The maximum atomic E-state index is 5.75. The van der Waals surface area contributed by atoms with Crippen LogP contribution in [0.2, 0.25) is 0 Å². The zero-order valence-corrected chi connectivity index (χ0v) is 16.3. The molecule has 4 heterocycles. The Labute approximate surface area is 168 Å². The second kappa shape index (κ2) is 6.56. The van der Waals surface area contributed by atoms with Gasteiger partial charge >= 0.3 is 0 Å². The van der Waals surface area contributed by atoms with Crippen LogP contribution in [0.4, 0.5) is 5.95 Å². The lowest BCUT2D eigenvalue weighted by Crippen LogP contribution is -2.16. The third kappa shape index (κ3) is 2.80. The zero-order valence-electron chi connectivity index (χ0n) is 16.3. The second-order valence-electron chi connectivity index (χ2n) is 8.04. The monoisotopic (exact) mass is 389 g/mol. The highest BCUT2D eigenvalue weighted by molar-refractivity contribution is 5.85. The van der Waals surface area contributed by atoms with E-state index >= 15 is 0 Å². The van der Waals surface area contributed by atoms with E-state index in [4.69, 9.17) is 19.4 Å². The summed E-state index contributed by atoms with van der Waals surface area (Å²) in [6.45, 7) is 1.68. The molecule has 1 aliphatic heterocycles. The molecule has 2 fully saturated rings. The van der Waals surface area contributed by atoms with E-state index in [1.54, 1.807) is 7.11 Å². The van der Waals surface area contributed by atoms with Gasteiger partial charge < -0.3 is 14.8 Å². The summed E-state index contributed by atoms with van der Waals surface area (Å²) < 4.78 is 13.1. The molecule has 3 aliphatic rings. The van der Waals surface area contributed by atoms with Gasteiger partial charge in [-0.1, -0.05) is 6.08 Å². The first kappa shape index (κ1) is 17.0. The van der Waals surface area contributed by atoms with Crippen LogP contribution >= 0.6 is 0 Å². The average Bonchev–Trinajstić information content (AvgIpc) is 3.08. The van der Waals surface area contributed by atoms with Gasteiger partial charge in [0.2, 0.25) is 11.8 Å². The van der Waals surface area contributed by atoms with Gasteiger partial charge in [0.1, 0.15) is 0 Å². The summed E-state index contributed by atoms with van der Waals surface area (Å²) in [4.78, 5) is 9.65. The number of hydrogen-bond donors (Lipinski definition) is 1. The molecule has 29 heavy (non-hydrogen) atoms. The summed E-state index contributed by atoms with van der Waals surface area (Å²) in [5, 5.41) is 7.83. The molecule has 1 saturated carbocycles. The Kier molecular flexibility index (Phi) is 3.84. The number of aromatic nitrogens is 4. The van der Waals surface area contributed by atoms with Gasteiger partial charge in [-0.05, 0) is 48.6 Å². The Balaban J connectivity index is 1.40. The van der Waals surface area contributed by atoms with Gasteiger partial charge in [-0.15, -0.1) is 0 Å². The van der Waals surface area contributed by atoms with Crippen LogP contribution in [0.5, 0.6) is 5.88 Å². The molecule has 7 nitrogen and oxygen atoms in total. The summed E-state index contributed by atoms with van der Waals surface area (Å²) in [7, 11) is 1.69. The number of fused-ring (bicyclic) bond motifs is 3. The van der Waals surface area contributed by atoms with Crippen molar-refractivity contribution in [3.8, 4) is 5.88 Å². The molecule has 0 bridgehead atoms. The first-order valence-electron chi connectivity index (χ1n) is 10.3. The highest BCUT2D eigenvalue weighted by Gasteiger charge is 2.54. The molecule has 7 heteroatoms. The number of aryl methyl sites for hydroxylation is 1. The van der Waals surface area contributed by atoms with Crippen LogP contribution in [0.15, 0.2) is 36.7 Å². The minimum absolute atomic E-state index is 0.427.